The lowest BCUT2D eigenvalue weighted by Crippen LogP contribution is -2.38. The summed E-state index contributed by atoms with van der Waals surface area (Å²) < 4.78 is 16.3. The zero-order chi connectivity index (χ0) is 21.1. The van der Waals surface area contributed by atoms with Gasteiger partial charge in [-0.3, -0.25) is 4.79 Å². The number of nitrogens with zero attached hydrogens (tertiary/aromatic N) is 3. The standard InChI is InChI=1S/C23H25N3O4/c1-15-7-6-8-16(13-15)21-24-22(30-25-21)19-9-4-5-12-26(19)23(27)18-11-10-17(28-2)14-20(18)29-3/h6-8,10-11,13-14,19H,4-5,9,12H2,1-3H3. The number of carbonyl (C=O) groups excluding carboxylic acids is 1. The van der Waals surface area contributed by atoms with Crippen molar-refractivity contribution >= 4 is 5.91 Å². The van der Waals surface area contributed by atoms with Crippen LogP contribution in [-0.4, -0.2) is 41.7 Å². The normalized spacial score (nSPS) is 16.4. The van der Waals surface area contributed by atoms with Crippen molar-refractivity contribution in [1.82, 2.24) is 15.0 Å². The Balaban J connectivity index is 1.63. The maximum absolute atomic E-state index is 13.4. The topological polar surface area (TPSA) is 77.7 Å². The molecular weight excluding hydrogens is 382 g/mol. The average molecular weight is 407 g/mol. The van der Waals surface area contributed by atoms with Crippen LogP contribution in [0.15, 0.2) is 47.0 Å². The van der Waals surface area contributed by atoms with Crippen LogP contribution in [0, 0.1) is 6.92 Å². The Morgan fingerprint density at radius 1 is 1.13 bits per heavy atom. The van der Waals surface area contributed by atoms with Crippen LogP contribution in [0.2, 0.25) is 0 Å². The van der Waals surface area contributed by atoms with Crippen molar-refractivity contribution in [3.8, 4) is 22.9 Å². The molecular formula is C23H25N3O4. The largest absolute Gasteiger partial charge is 0.497 e. The van der Waals surface area contributed by atoms with Crippen LogP contribution in [0.5, 0.6) is 11.5 Å². The first-order chi connectivity index (χ1) is 14.6. The molecule has 2 heterocycles. The lowest BCUT2D eigenvalue weighted by Gasteiger charge is -2.33. The van der Waals surface area contributed by atoms with Gasteiger partial charge in [0.2, 0.25) is 11.7 Å². The van der Waals surface area contributed by atoms with Gasteiger partial charge in [0.25, 0.3) is 5.91 Å². The molecule has 0 bridgehead atoms. The number of hydrogen-bond acceptors (Lipinski definition) is 6. The number of piperidine rings is 1. The Hall–Kier alpha value is -3.35. The molecule has 1 aliphatic rings. The predicted molar refractivity (Wildman–Crippen MR) is 112 cm³/mol. The van der Waals surface area contributed by atoms with E-state index >= 15 is 0 Å². The van der Waals surface area contributed by atoms with Crippen molar-refractivity contribution in [3.05, 3.63) is 59.5 Å². The van der Waals surface area contributed by atoms with Crippen LogP contribution >= 0.6 is 0 Å². The minimum atomic E-state index is -0.260. The third-order valence-electron chi connectivity index (χ3n) is 5.41. The zero-order valence-electron chi connectivity index (χ0n) is 17.4. The van der Waals surface area contributed by atoms with Crippen LogP contribution in [0.1, 0.15) is 47.1 Å². The van der Waals surface area contributed by atoms with Gasteiger partial charge in [0.1, 0.15) is 17.5 Å². The van der Waals surface area contributed by atoms with Gasteiger partial charge in [0, 0.05) is 18.2 Å². The Kier molecular flexibility index (Phi) is 5.70. The van der Waals surface area contributed by atoms with Crippen LogP contribution in [0.3, 0.4) is 0 Å². The Morgan fingerprint density at radius 2 is 2.00 bits per heavy atom. The molecule has 7 nitrogen and oxygen atoms in total. The summed E-state index contributed by atoms with van der Waals surface area (Å²) in [5, 5.41) is 4.16. The van der Waals surface area contributed by atoms with E-state index in [9.17, 15) is 4.79 Å². The average Bonchev–Trinajstić information content (AvgIpc) is 3.28. The van der Waals surface area contributed by atoms with Crippen LogP contribution in [0.25, 0.3) is 11.4 Å². The molecule has 0 saturated carbocycles. The van der Waals surface area contributed by atoms with Crippen molar-refractivity contribution in [2.24, 2.45) is 0 Å². The number of aromatic nitrogens is 2. The summed E-state index contributed by atoms with van der Waals surface area (Å²) in [5.74, 6) is 2.00. The van der Waals surface area contributed by atoms with Crippen LogP contribution in [0.4, 0.5) is 0 Å². The highest BCUT2D eigenvalue weighted by Crippen LogP contribution is 2.34. The van der Waals surface area contributed by atoms with Gasteiger partial charge in [-0.2, -0.15) is 4.98 Å². The second kappa shape index (κ2) is 8.57. The van der Waals surface area contributed by atoms with E-state index in [1.54, 1.807) is 37.3 Å². The van der Waals surface area contributed by atoms with Gasteiger partial charge in [-0.1, -0.05) is 28.9 Å². The lowest BCUT2D eigenvalue weighted by atomic mass is 10.00. The van der Waals surface area contributed by atoms with Gasteiger partial charge in [0.05, 0.1) is 19.8 Å². The third kappa shape index (κ3) is 3.87. The summed E-state index contributed by atoms with van der Waals surface area (Å²) >= 11 is 0. The van der Waals surface area contributed by atoms with Gasteiger partial charge in [0.15, 0.2) is 0 Å². The maximum atomic E-state index is 13.4. The van der Waals surface area contributed by atoms with Crippen molar-refractivity contribution < 1.29 is 18.8 Å². The minimum Gasteiger partial charge on any atom is -0.497 e. The van der Waals surface area contributed by atoms with Gasteiger partial charge in [-0.15, -0.1) is 0 Å². The minimum absolute atomic E-state index is 0.116. The van der Waals surface area contributed by atoms with Gasteiger partial charge < -0.3 is 18.9 Å². The van der Waals surface area contributed by atoms with E-state index in [1.165, 1.54) is 0 Å². The number of benzene rings is 2. The number of rotatable bonds is 5. The first-order valence-corrected chi connectivity index (χ1v) is 10.0. The summed E-state index contributed by atoms with van der Waals surface area (Å²) in [6.07, 6.45) is 2.70. The molecule has 30 heavy (non-hydrogen) atoms. The van der Waals surface area contributed by atoms with E-state index in [1.807, 2.05) is 31.2 Å². The van der Waals surface area contributed by atoms with Crippen molar-refractivity contribution in [2.45, 2.75) is 32.2 Å². The first-order valence-electron chi connectivity index (χ1n) is 10.0. The summed E-state index contributed by atoms with van der Waals surface area (Å²) in [5.41, 5.74) is 2.51. The van der Waals surface area contributed by atoms with E-state index < -0.39 is 0 Å². The molecule has 7 heteroatoms. The number of ether oxygens (including phenoxy) is 2. The molecule has 0 N–H and O–H groups in total. The lowest BCUT2D eigenvalue weighted by molar-refractivity contribution is 0.0558. The molecule has 0 spiro atoms. The fraction of sp³-hybridized carbons (Fsp3) is 0.348. The van der Waals surface area contributed by atoms with Crippen molar-refractivity contribution in [1.29, 1.82) is 0 Å². The molecule has 156 valence electrons. The van der Waals surface area contributed by atoms with Crippen LogP contribution in [-0.2, 0) is 0 Å². The van der Waals surface area contributed by atoms with Gasteiger partial charge in [-0.25, -0.2) is 0 Å². The third-order valence-corrected chi connectivity index (χ3v) is 5.41. The number of methoxy groups -OCH3 is 2. The summed E-state index contributed by atoms with van der Waals surface area (Å²) in [7, 11) is 3.13. The Bertz CT molecular complexity index is 1050. The Labute approximate surface area is 175 Å². The van der Waals surface area contributed by atoms with E-state index in [4.69, 9.17) is 14.0 Å². The fourth-order valence-electron chi connectivity index (χ4n) is 3.83. The first kappa shape index (κ1) is 19.9. The molecule has 1 amide bonds. The molecule has 2 aromatic carbocycles. The molecule has 0 aliphatic carbocycles. The second-order valence-corrected chi connectivity index (χ2v) is 7.40. The number of hydrogen-bond donors (Lipinski definition) is 0. The molecule has 1 fully saturated rings. The second-order valence-electron chi connectivity index (χ2n) is 7.40. The number of amides is 1. The highest BCUT2D eigenvalue weighted by atomic mass is 16.5. The SMILES string of the molecule is COc1ccc(C(=O)N2CCCCC2c2nc(-c3cccc(C)c3)no2)c(OC)c1. The number of likely N-dealkylation sites (tertiary alicyclic amines) is 1. The Morgan fingerprint density at radius 3 is 2.77 bits per heavy atom. The zero-order valence-corrected chi connectivity index (χ0v) is 17.4. The smallest absolute Gasteiger partial charge is 0.258 e. The highest BCUT2D eigenvalue weighted by Gasteiger charge is 2.34. The van der Waals surface area contributed by atoms with E-state index in [-0.39, 0.29) is 11.9 Å². The molecule has 1 aliphatic heterocycles. The van der Waals surface area contributed by atoms with Crippen molar-refractivity contribution in [3.63, 3.8) is 0 Å². The quantitative estimate of drug-likeness (QED) is 0.623. The van der Waals surface area contributed by atoms with Crippen LogP contribution < -0.4 is 9.47 Å². The fourth-order valence-corrected chi connectivity index (χ4v) is 3.83. The highest BCUT2D eigenvalue weighted by molar-refractivity contribution is 5.97. The summed E-state index contributed by atoms with van der Waals surface area (Å²) in [6, 6.07) is 12.9. The molecule has 3 aromatic rings. The monoisotopic (exact) mass is 407 g/mol. The maximum Gasteiger partial charge on any atom is 0.258 e. The van der Waals surface area contributed by atoms with E-state index in [0.29, 0.717) is 35.3 Å². The van der Waals surface area contributed by atoms with E-state index in [0.717, 1.165) is 30.4 Å². The van der Waals surface area contributed by atoms with Crippen molar-refractivity contribution in [2.75, 3.05) is 20.8 Å². The van der Waals surface area contributed by atoms with Gasteiger partial charge in [-0.05, 0) is 44.4 Å². The molecule has 1 saturated heterocycles. The van der Waals surface area contributed by atoms with E-state index in [2.05, 4.69) is 10.1 Å². The molecule has 1 atom stereocenters. The number of carbonyl (C=O) groups is 1. The molecule has 4 rings (SSSR count). The van der Waals surface area contributed by atoms with Gasteiger partial charge >= 0.3 is 0 Å². The molecule has 0 radical (unpaired) electrons. The molecule has 1 aromatic heterocycles. The summed E-state index contributed by atoms with van der Waals surface area (Å²) in [4.78, 5) is 19.8. The number of aryl methyl sites for hydroxylation is 1. The molecule has 1 unspecified atom stereocenters. The predicted octanol–water partition coefficient (Wildman–Crippen LogP) is 4.43. The summed E-state index contributed by atoms with van der Waals surface area (Å²) in [6.45, 7) is 2.65.